The van der Waals surface area contributed by atoms with Gasteiger partial charge < -0.3 is 10.1 Å². The highest BCUT2D eigenvalue weighted by atomic mass is 16.5. The minimum absolute atomic E-state index is 0.344. The van der Waals surface area contributed by atoms with Gasteiger partial charge in [-0.25, -0.2) is 0 Å². The van der Waals surface area contributed by atoms with E-state index in [0.717, 1.165) is 5.69 Å². The number of rotatable bonds is 3. The third-order valence-corrected chi connectivity index (χ3v) is 3.95. The van der Waals surface area contributed by atoms with Crippen molar-refractivity contribution in [1.82, 2.24) is 15.1 Å². The maximum Gasteiger partial charge on any atom is 0.0797 e. The lowest BCUT2D eigenvalue weighted by Gasteiger charge is -2.26. The molecule has 0 radical (unpaired) electrons. The first-order valence-electron chi connectivity index (χ1n) is 6.10. The Kier molecular flexibility index (Phi) is 2.48. The second-order valence-electron chi connectivity index (χ2n) is 4.95. The summed E-state index contributed by atoms with van der Waals surface area (Å²) in [7, 11) is 3.98. The maximum absolute atomic E-state index is 5.92. The van der Waals surface area contributed by atoms with Crippen molar-refractivity contribution in [1.29, 1.82) is 0 Å². The average Bonchev–Trinajstić information content (AvgIpc) is 2.96. The molecule has 0 amide bonds. The second kappa shape index (κ2) is 3.86. The van der Waals surface area contributed by atoms with E-state index in [1.807, 2.05) is 25.0 Å². The Morgan fingerprint density at radius 1 is 1.56 bits per heavy atom. The molecule has 2 fully saturated rings. The van der Waals surface area contributed by atoms with E-state index in [0.29, 0.717) is 24.2 Å². The second-order valence-corrected chi connectivity index (χ2v) is 4.95. The summed E-state index contributed by atoms with van der Waals surface area (Å²) in [6, 6.07) is 2.45. The first kappa shape index (κ1) is 10.3. The van der Waals surface area contributed by atoms with Crippen molar-refractivity contribution < 1.29 is 4.74 Å². The van der Waals surface area contributed by atoms with E-state index in [1.165, 1.54) is 19.3 Å². The molecule has 2 bridgehead atoms. The summed E-state index contributed by atoms with van der Waals surface area (Å²) >= 11 is 0. The number of aromatic nitrogens is 2. The van der Waals surface area contributed by atoms with Gasteiger partial charge in [-0.3, -0.25) is 4.68 Å². The van der Waals surface area contributed by atoms with Crippen molar-refractivity contribution >= 4 is 0 Å². The smallest absolute Gasteiger partial charge is 0.0797 e. The number of nitrogens with one attached hydrogen (secondary N) is 1. The van der Waals surface area contributed by atoms with Crippen LogP contribution in [-0.4, -0.2) is 29.0 Å². The van der Waals surface area contributed by atoms with Gasteiger partial charge >= 0.3 is 0 Å². The molecule has 88 valence electrons. The molecule has 3 rings (SSSR count). The van der Waals surface area contributed by atoms with Gasteiger partial charge in [-0.05, 0) is 32.4 Å². The lowest BCUT2D eigenvalue weighted by Crippen LogP contribution is -2.32. The van der Waals surface area contributed by atoms with Crippen LogP contribution in [0.15, 0.2) is 12.3 Å². The highest BCUT2D eigenvalue weighted by Crippen LogP contribution is 2.44. The summed E-state index contributed by atoms with van der Waals surface area (Å²) in [6.45, 7) is 0. The normalized spacial score (nSPS) is 34.5. The lowest BCUT2D eigenvalue weighted by molar-refractivity contribution is 0.0859. The Bertz CT molecular complexity index is 376. The molecule has 0 aromatic carbocycles. The van der Waals surface area contributed by atoms with Crippen LogP contribution in [0.3, 0.4) is 0 Å². The van der Waals surface area contributed by atoms with Gasteiger partial charge in [-0.15, -0.1) is 0 Å². The van der Waals surface area contributed by atoms with Crippen LogP contribution in [0.2, 0.25) is 0 Å². The summed E-state index contributed by atoms with van der Waals surface area (Å²) < 4.78 is 7.79. The van der Waals surface area contributed by atoms with Crippen molar-refractivity contribution in [3.8, 4) is 0 Å². The molecule has 1 aromatic heterocycles. The van der Waals surface area contributed by atoms with Crippen molar-refractivity contribution in [3.63, 3.8) is 0 Å². The van der Waals surface area contributed by atoms with Crippen molar-refractivity contribution in [2.45, 2.75) is 37.5 Å². The van der Waals surface area contributed by atoms with Gasteiger partial charge in [0.2, 0.25) is 0 Å². The Hall–Kier alpha value is -0.870. The number of fused-ring (bicyclic) bond motifs is 2. The summed E-state index contributed by atoms with van der Waals surface area (Å²) in [6.07, 6.45) is 6.62. The third kappa shape index (κ3) is 1.57. The molecule has 4 nitrogen and oxygen atoms in total. The van der Waals surface area contributed by atoms with Crippen LogP contribution in [0.5, 0.6) is 0 Å². The van der Waals surface area contributed by atoms with Crippen LogP contribution >= 0.6 is 0 Å². The zero-order valence-electron chi connectivity index (χ0n) is 9.89. The zero-order valence-corrected chi connectivity index (χ0v) is 9.89. The van der Waals surface area contributed by atoms with Crippen LogP contribution in [0.4, 0.5) is 0 Å². The highest BCUT2D eigenvalue weighted by Gasteiger charge is 2.44. The van der Waals surface area contributed by atoms with Gasteiger partial charge in [0.25, 0.3) is 0 Å². The Balaban J connectivity index is 1.81. The van der Waals surface area contributed by atoms with Gasteiger partial charge in [0.15, 0.2) is 0 Å². The Labute approximate surface area is 96.0 Å². The first-order chi connectivity index (χ1) is 7.78. The number of hydrogen-bond acceptors (Lipinski definition) is 3. The molecule has 1 aromatic rings. The molecular formula is C12H19N3O. The predicted molar refractivity (Wildman–Crippen MR) is 61.0 cm³/mol. The van der Waals surface area contributed by atoms with E-state index in [-0.39, 0.29) is 0 Å². The monoisotopic (exact) mass is 221 g/mol. The minimum atomic E-state index is 0.344. The fourth-order valence-corrected chi connectivity index (χ4v) is 3.21. The zero-order chi connectivity index (χ0) is 11.1. The summed E-state index contributed by atoms with van der Waals surface area (Å²) in [4.78, 5) is 0. The Morgan fingerprint density at radius 3 is 2.94 bits per heavy atom. The van der Waals surface area contributed by atoms with Gasteiger partial charge in [0.1, 0.15) is 0 Å². The maximum atomic E-state index is 5.92. The molecule has 3 heterocycles. The molecule has 0 saturated carbocycles. The van der Waals surface area contributed by atoms with Crippen LogP contribution < -0.4 is 5.32 Å². The minimum Gasteiger partial charge on any atom is -0.375 e. The molecule has 16 heavy (non-hydrogen) atoms. The molecule has 2 aliphatic heterocycles. The average molecular weight is 221 g/mol. The fourth-order valence-electron chi connectivity index (χ4n) is 3.21. The Morgan fingerprint density at radius 2 is 2.44 bits per heavy atom. The van der Waals surface area contributed by atoms with E-state index in [2.05, 4.69) is 16.5 Å². The van der Waals surface area contributed by atoms with Crippen LogP contribution in [0, 0.1) is 5.92 Å². The van der Waals surface area contributed by atoms with Crippen molar-refractivity contribution in [2.75, 3.05) is 7.05 Å². The van der Waals surface area contributed by atoms with E-state index in [9.17, 15) is 0 Å². The van der Waals surface area contributed by atoms with E-state index >= 15 is 0 Å². The number of hydrogen-bond donors (Lipinski definition) is 1. The summed E-state index contributed by atoms with van der Waals surface area (Å²) in [5.74, 6) is 0.596. The van der Waals surface area contributed by atoms with Crippen LogP contribution in [0.25, 0.3) is 0 Å². The van der Waals surface area contributed by atoms with E-state index in [1.54, 1.807) is 0 Å². The summed E-state index contributed by atoms with van der Waals surface area (Å²) in [5, 5.41) is 7.91. The van der Waals surface area contributed by atoms with Gasteiger partial charge in [-0.2, -0.15) is 5.10 Å². The quantitative estimate of drug-likeness (QED) is 0.835. The van der Waals surface area contributed by atoms with Gasteiger partial charge in [0, 0.05) is 19.2 Å². The van der Waals surface area contributed by atoms with Crippen LogP contribution in [-0.2, 0) is 11.8 Å². The molecule has 1 N–H and O–H groups in total. The largest absolute Gasteiger partial charge is 0.375 e. The van der Waals surface area contributed by atoms with Gasteiger partial charge in [-0.1, -0.05) is 0 Å². The van der Waals surface area contributed by atoms with E-state index in [4.69, 9.17) is 4.74 Å². The molecule has 0 aliphatic carbocycles. The lowest BCUT2D eigenvalue weighted by atomic mass is 9.82. The number of aryl methyl sites for hydroxylation is 1. The number of nitrogens with zero attached hydrogens (tertiary/aromatic N) is 2. The van der Waals surface area contributed by atoms with E-state index < -0.39 is 0 Å². The highest BCUT2D eigenvalue weighted by molar-refractivity contribution is 5.10. The topological polar surface area (TPSA) is 39.1 Å². The van der Waals surface area contributed by atoms with Crippen molar-refractivity contribution in [2.24, 2.45) is 13.0 Å². The molecule has 4 heteroatoms. The van der Waals surface area contributed by atoms with Gasteiger partial charge in [0.05, 0.1) is 23.9 Å². The number of ether oxygens (including phenoxy) is 1. The molecule has 4 unspecified atom stereocenters. The molecule has 2 saturated heterocycles. The standard InChI is InChI=1S/C12H19N3O/c1-13-12(10-5-6-15(2)14-10)9-7-8-3-4-11(9)16-8/h5-6,8-9,11-13H,3-4,7H2,1-2H3. The fraction of sp³-hybridized carbons (Fsp3) is 0.750. The first-order valence-corrected chi connectivity index (χ1v) is 6.10. The molecule has 2 aliphatic rings. The summed E-state index contributed by atoms with van der Waals surface area (Å²) in [5.41, 5.74) is 1.14. The third-order valence-electron chi connectivity index (χ3n) is 3.95. The molecular weight excluding hydrogens is 202 g/mol. The SMILES string of the molecule is CNC(c1ccn(C)n1)C1CC2CCC1O2. The predicted octanol–water partition coefficient (Wildman–Crippen LogP) is 1.25. The molecule has 0 spiro atoms. The molecule has 4 atom stereocenters. The van der Waals surface area contributed by atoms with Crippen LogP contribution in [0.1, 0.15) is 31.0 Å². The van der Waals surface area contributed by atoms with Crippen molar-refractivity contribution in [3.05, 3.63) is 18.0 Å².